The van der Waals surface area contributed by atoms with E-state index in [1.165, 1.54) is 22.1 Å². The lowest BCUT2D eigenvalue weighted by Gasteiger charge is -2.19. The molecule has 0 radical (unpaired) electrons. The van der Waals surface area contributed by atoms with E-state index in [2.05, 4.69) is 15.5 Å². The zero-order valence-electron chi connectivity index (χ0n) is 19.3. The fourth-order valence-electron chi connectivity index (χ4n) is 3.34. The summed E-state index contributed by atoms with van der Waals surface area (Å²) in [5, 5.41) is 11.9. The van der Waals surface area contributed by atoms with Crippen LogP contribution in [0.1, 0.15) is 30.8 Å². The monoisotopic (exact) mass is 487 g/mol. The number of thioether (sulfide) groups is 1. The van der Waals surface area contributed by atoms with Gasteiger partial charge < -0.3 is 9.88 Å². The molecule has 0 aliphatic rings. The fraction of sp³-hybridized carbons (Fsp3) is 0.348. The average Bonchev–Trinajstić information content (AvgIpc) is 3.14. The molecule has 3 aromatic rings. The molecule has 0 aliphatic heterocycles. The predicted molar refractivity (Wildman–Crippen MR) is 131 cm³/mol. The molecule has 176 valence electrons. The number of benzene rings is 2. The van der Waals surface area contributed by atoms with E-state index in [9.17, 15) is 13.2 Å². The van der Waals surface area contributed by atoms with Crippen LogP contribution in [0.15, 0.2) is 58.6 Å². The number of carbonyl (C=O) groups excluding carboxylic acids is 1. The topological polar surface area (TPSA) is 97.2 Å². The number of aromatic nitrogens is 3. The van der Waals surface area contributed by atoms with Crippen molar-refractivity contribution in [3.63, 3.8) is 0 Å². The molecule has 10 heteroatoms. The molecule has 1 heterocycles. The third kappa shape index (κ3) is 6.01. The van der Waals surface area contributed by atoms with E-state index < -0.39 is 10.0 Å². The summed E-state index contributed by atoms with van der Waals surface area (Å²) in [4.78, 5) is 12.8. The van der Waals surface area contributed by atoms with Crippen molar-refractivity contribution in [2.24, 2.45) is 0 Å². The predicted octanol–water partition coefficient (Wildman–Crippen LogP) is 3.70. The Morgan fingerprint density at radius 1 is 1.06 bits per heavy atom. The van der Waals surface area contributed by atoms with Gasteiger partial charge in [-0.25, -0.2) is 8.42 Å². The molecule has 0 atom stereocenters. The van der Waals surface area contributed by atoms with Crippen LogP contribution in [0.4, 0.5) is 5.69 Å². The molecule has 1 N–H and O–H groups in total. The summed E-state index contributed by atoms with van der Waals surface area (Å²) in [5.74, 6) is 0.652. The maximum absolute atomic E-state index is 12.8. The molecule has 2 aromatic carbocycles. The van der Waals surface area contributed by atoms with Gasteiger partial charge in [-0.05, 0) is 37.1 Å². The van der Waals surface area contributed by atoms with Gasteiger partial charge in [0.1, 0.15) is 5.82 Å². The molecule has 33 heavy (non-hydrogen) atoms. The summed E-state index contributed by atoms with van der Waals surface area (Å²) < 4.78 is 29.0. The number of anilines is 1. The van der Waals surface area contributed by atoms with Crippen LogP contribution in [0, 0.1) is 13.8 Å². The second-order valence-corrected chi connectivity index (χ2v) is 10.4. The van der Waals surface area contributed by atoms with Crippen LogP contribution in [0.2, 0.25) is 0 Å². The largest absolute Gasteiger partial charge is 0.325 e. The lowest BCUT2D eigenvalue weighted by molar-refractivity contribution is -0.113. The van der Waals surface area contributed by atoms with Gasteiger partial charge in [0.15, 0.2) is 5.16 Å². The minimum Gasteiger partial charge on any atom is -0.325 e. The van der Waals surface area contributed by atoms with E-state index in [1.54, 1.807) is 26.0 Å². The van der Waals surface area contributed by atoms with E-state index in [0.717, 1.165) is 17.0 Å². The SMILES string of the molecule is CCN(CC)S(=O)(=O)c1ccc(C)c(NC(=O)CSc2nnc(C)n2Cc2ccccc2)c1. The highest BCUT2D eigenvalue weighted by Crippen LogP contribution is 2.24. The zero-order valence-corrected chi connectivity index (χ0v) is 20.9. The smallest absolute Gasteiger partial charge is 0.243 e. The van der Waals surface area contributed by atoms with E-state index in [4.69, 9.17) is 0 Å². The van der Waals surface area contributed by atoms with Crippen molar-refractivity contribution in [2.45, 2.75) is 44.3 Å². The number of nitrogens with one attached hydrogen (secondary N) is 1. The van der Waals surface area contributed by atoms with Crippen LogP contribution in [0.3, 0.4) is 0 Å². The second-order valence-electron chi connectivity index (χ2n) is 7.50. The number of hydrogen-bond donors (Lipinski definition) is 1. The van der Waals surface area contributed by atoms with Gasteiger partial charge in [-0.2, -0.15) is 4.31 Å². The summed E-state index contributed by atoms with van der Waals surface area (Å²) >= 11 is 1.29. The molecular weight excluding hydrogens is 458 g/mol. The zero-order chi connectivity index (χ0) is 24.0. The number of carbonyl (C=O) groups is 1. The molecule has 0 spiro atoms. The molecule has 1 amide bonds. The third-order valence-electron chi connectivity index (χ3n) is 5.24. The van der Waals surface area contributed by atoms with Crippen LogP contribution in [0.25, 0.3) is 0 Å². The maximum Gasteiger partial charge on any atom is 0.243 e. The van der Waals surface area contributed by atoms with Crippen molar-refractivity contribution in [1.29, 1.82) is 0 Å². The first-order valence-corrected chi connectivity index (χ1v) is 13.2. The number of aryl methyl sites for hydroxylation is 2. The Morgan fingerprint density at radius 2 is 1.76 bits per heavy atom. The maximum atomic E-state index is 12.8. The van der Waals surface area contributed by atoms with Crippen LogP contribution in [-0.4, -0.2) is 52.2 Å². The first-order chi connectivity index (χ1) is 15.8. The highest BCUT2D eigenvalue weighted by atomic mass is 32.2. The summed E-state index contributed by atoms with van der Waals surface area (Å²) in [6.07, 6.45) is 0. The van der Waals surface area contributed by atoms with E-state index in [0.29, 0.717) is 30.5 Å². The lowest BCUT2D eigenvalue weighted by atomic mass is 10.2. The number of sulfonamides is 1. The molecule has 0 fully saturated rings. The fourth-order valence-corrected chi connectivity index (χ4v) is 5.61. The van der Waals surface area contributed by atoms with Gasteiger partial charge in [0, 0.05) is 18.8 Å². The number of hydrogen-bond acceptors (Lipinski definition) is 6. The van der Waals surface area contributed by atoms with Gasteiger partial charge in [-0.15, -0.1) is 10.2 Å². The Bertz CT molecular complexity index is 1210. The first kappa shape index (κ1) is 24.9. The van der Waals surface area contributed by atoms with Crippen LogP contribution >= 0.6 is 11.8 Å². The van der Waals surface area contributed by atoms with E-state index in [1.807, 2.05) is 48.7 Å². The van der Waals surface area contributed by atoms with E-state index >= 15 is 0 Å². The molecular formula is C23H29N5O3S2. The average molecular weight is 488 g/mol. The van der Waals surface area contributed by atoms with Crippen molar-refractivity contribution in [1.82, 2.24) is 19.1 Å². The first-order valence-electron chi connectivity index (χ1n) is 10.7. The lowest BCUT2D eigenvalue weighted by Crippen LogP contribution is -2.30. The number of rotatable bonds is 10. The van der Waals surface area contributed by atoms with Crippen LogP contribution in [0.5, 0.6) is 0 Å². The Hall–Kier alpha value is -2.69. The van der Waals surface area contributed by atoms with Crippen molar-refractivity contribution in [2.75, 3.05) is 24.2 Å². The van der Waals surface area contributed by atoms with Gasteiger partial charge >= 0.3 is 0 Å². The second kappa shape index (κ2) is 11.0. The van der Waals surface area contributed by atoms with Gasteiger partial charge in [0.2, 0.25) is 15.9 Å². The van der Waals surface area contributed by atoms with Crippen molar-refractivity contribution >= 4 is 33.4 Å². The third-order valence-corrected chi connectivity index (χ3v) is 8.26. The summed E-state index contributed by atoms with van der Waals surface area (Å²) in [6, 6.07) is 14.8. The van der Waals surface area contributed by atoms with Gasteiger partial charge in [-0.3, -0.25) is 4.79 Å². The number of nitrogens with zero attached hydrogens (tertiary/aromatic N) is 4. The normalized spacial score (nSPS) is 11.7. The molecule has 0 unspecified atom stereocenters. The highest BCUT2D eigenvalue weighted by Gasteiger charge is 2.22. The summed E-state index contributed by atoms with van der Waals surface area (Å²) in [6.45, 7) is 8.69. The molecule has 3 rings (SSSR count). The highest BCUT2D eigenvalue weighted by molar-refractivity contribution is 7.99. The Balaban J connectivity index is 1.70. The quantitative estimate of drug-likeness (QED) is 0.438. The van der Waals surface area contributed by atoms with Crippen LogP contribution < -0.4 is 5.32 Å². The molecule has 0 aliphatic carbocycles. The van der Waals surface area contributed by atoms with Crippen molar-refractivity contribution in [3.05, 3.63) is 65.5 Å². The van der Waals surface area contributed by atoms with E-state index in [-0.39, 0.29) is 16.6 Å². The molecule has 8 nitrogen and oxygen atoms in total. The minimum atomic E-state index is -3.61. The Morgan fingerprint density at radius 3 is 2.42 bits per heavy atom. The molecule has 0 bridgehead atoms. The van der Waals surface area contributed by atoms with Crippen molar-refractivity contribution < 1.29 is 13.2 Å². The molecule has 1 aromatic heterocycles. The van der Waals surface area contributed by atoms with Gasteiger partial charge in [0.25, 0.3) is 0 Å². The Kier molecular flexibility index (Phi) is 8.28. The summed E-state index contributed by atoms with van der Waals surface area (Å²) in [7, 11) is -3.61. The van der Waals surface area contributed by atoms with Gasteiger partial charge in [0.05, 0.1) is 17.2 Å². The number of amides is 1. The van der Waals surface area contributed by atoms with Gasteiger partial charge in [-0.1, -0.05) is 62.0 Å². The molecule has 0 saturated carbocycles. The Labute approximate surface area is 199 Å². The summed E-state index contributed by atoms with van der Waals surface area (Å²) in [5.41, 5.74) is 2.39. The van der Waals surface area contributed by atoms with Crippen molar-refractivity contribution in [3.8, 4) is 0 Å². The van der Waals surface area contributed by atoms with Crippen LogP contribution in [-0.2, 0) is 21.4 Å². The molecule has 0 saturated heterocycles. The standard InChI is InChI=1S/C23H29N5O3S2/c1-5-27(6-2)33(30,31)20-13-12-17(3)21(14-20)24-22(29)16-32-23-26-25-18(4)28(23)15-19-10-8-7-9-11-19/h7-14H,5-6,15-16H2,1-4H3,(H,24,29). The minimum absolute atomic E-state index is 0.124.